The Morgan fingerprint density at radius 1 is 1.10 bits per heavy atom. The topological polar surface area (TPSA) is 64.6 Å². The lowest BCUT2D eigenvalue weighted by Gasteiger charge is -2.45. The van der Waals surface area contributed by atoms with E-state index in [4.69, 9.17) is 9.47 Å². The Hall–Kier alpha value is -1.33. The van der Waals surface area contributed by atoms with Crippen LogP contribution in [0.25, 0.3) is 0 Å². The molecule has 1 saturated carbocycles. The average Bonchev–Trinajstić information content (AvgIpc) is 2.17. The monoisotopic (exact) mass is 303 g/mol. The van der Waals surface area contributed by atoms with Crippen LogP contribution >= 0.6 is 0 Å². The molecule has 5 nitrogen and oxygen atoms in total. The van der Waals surface area contributed by atoms with E-state index in [1.165, 1.54) is 0 Å². The van der Waals surface area contributed by atoms with Crippen LogP contribution in [0.4, 0.5) is 9.18 Å². The maximum Gasteiger partial charge on any atom is 0.408 e. The van der Waals surface area contributed by atoms with Crippen molar-refractivity contribution < 1.29 is 23.5 Å². The molecule has 1 fully saturated rings. The summed E-state index contributed by atoms with van der Waals surface area (Å²) in [6, 6.07) is 0. The molecule has 0 bridgehead atoms. The fourth-order valence-electron chi connectivity index (χ4n) is 2.23. The second-order valence-electron chi connectivity index (χ2n) is 7.64. The molecule has 0 spiro atoms. The van der Waals surface area contributed by atoms with Gasteiger partial charge in [0.15, 0.2) is 0 Å². The van der Waals surface area contributed by atoms with E-state index >= 15 is 0 Å². The average molecular weight is 303 g/mol. The molecule has 0 aliphatic heterocycles. The van der Waals surface area contributed by atoms with Gasteiger partial charge in [-0.25, -0.2) is 9.59 Å². The van der Waals surface area contributed by atoms with Gasteiger partial charge < -0.3 is 14.8 Å². The Labute approximate surface area is 125 Å². The number of carbonyl (C=O) groups excluding carboxylic acids is 2. The lowest BCUT2D eigenvalue weighted by Crippen LogP contribution is -2.64. The second kappa shape index (κ2) is 5.81. The number of nitrogens with one attached hydrogen (secondary N) is 1. The van der Waals surface area contributed by atoms with Gasteiger partial charge >= 0.3 is 12.1 Å². The fraction of sp³-hybridized carbons (Fsp3) is 0.867. The zero-order valence-electron chi connectivity index (χ0n) is 13.7. The first-order chi connectivity index (χ1) is 9.37. The molecule has 21 heavy (non-hydrogen) atoms. The van der Waals surface area contributed by atoms with Gasteiger partial charge in [-0.2, -0.15) is 0 Å². The smallest absolute Gasteiger partial charge is 0.408 e. The highest BCUT2D eigenvalue weighted by atomic mass is 19.1. The molecule has 0 radical (unpaired) electrons. The second-order valence-corrected chi connectivity index (χ2v) is 7.64. The zero-order chi connectivity index (χ0) is 16.5. The normalized spacial score (nSPS) is 25.8. The van der Waals surface area contributed by atoms with Gasteiger partial charge in [-0.05, 0) is 60.3 Å². The molecule has 0 unspecified atom stereocenters. The summed E-state index contributed by atoms with van der Waals surface area (Å²) in [7, 11) is 0. The number of alkyl carbamates (subject to hydrolysis) is 1. The standard InChI is InChI=1S/C15H26FNO4/c1-13(2,3)20-11(18)15(7-10(8-15)9-16)17-12(19)21-14(4,5)6/h10H,7-9H2,1-6H3,(H,17,19). The third-order valence-corrected chi connectivity index (χ3v) is 3.02. The number of hydrogen-bond acceptors (Lipinski definition) is 4. The summed E-state index contributed by atoms with van der Waals surface area (Å²) in [5.41, 5.74) is -2.50. The van der Waals surface area contributed by atoms with E-state index in [-0.39, 0.29) is 18.8 Å². The van der Waals surface area contributed by atoms with Crippen LogP contribution in [0.15, 0.2) is 0 Å². The minimum absolute atomic E-state index is 0.229. The van der Waals surface area contributed by atoms with Crippen molar-refractivity contribution in [3.63, 3.8) is 0 Å². The lowest BCUT2D eigenvalue weighted by molar-refractivity contribution is -0.170. The number of ether oxygens (including phenoxy) is 2. The molecule has 0 aromatic rings. The fourth-order valence-corrected chi connectivity index (χ4v) is 2.23. The molecule has 0 heterocycles. The summed E-state index contributed by atoms with van der Waals surface area (Å²) in [5.74, 6) is -0.766. The number of amides is 1. The number of rotatable bonds is 3. The Bertz CT molecular complexity index is 403. The summed E-state index contributed by atoms with van der Waals surface area (Å²) >= 11 is 0. The molecule has 1 rings (SSSR count). The van der Waals surface area contributed by atoms with Crippen molar-refractivity contribution in [2.24, 2.45) is 5.92 Å². The van der Waals surface area contributed by atoms with Crippen molar-refractivity contribution in [3.05, 3.63) is 0 Å². The van der Waals surface area contributed by atoms with Crippen LogP contribution in [0.5, 0.6) is 0 Å². The molecule has 0 aromatic heterocycles. The van der Waals surface area contributed by atoms with Crippen LogP contribution in [0.2, 0.25) is 0 Å². The molecular formula is C15H26FNO4. The minimum Gasteiger partial charge on any atom is -0.458 e. The minimum atomic E-state index is -1.17. The molecule has 0 atom stereocenters. The third-order valence-electron chi connectivity index (χ3n) is 3.02. The molecule has 0 saturated heterocycles. The van der Waals surface area contributed by atoms with E-state index in [1.54, 1.807) is 41.5 Å². The maximum atomic E-state index is 12.7. The molecule has 1 amide bonds. The van der Waals surface area contributed by atoms with Crippen molar-refractivity contribution in [1.82, 2.24) is 5.32 Å². The molecule has 1 aliphatic rings. The van der Waals surface area contributed by atoms with Gasteiger partial charge in [-0.3, -0.25) is 4.39 Å². The predicted octanol–water partition coefficient (Wildman–Crippen LogP) is 2.97. The van der Waals surface area contributed by atoms with Crippen LogP contribution < -0.4 is 5.32 Å². The van der Waals surface area contributed by atoms with E-state index in [9.17, 15) is 14.0 Å². The van der Waals surface area contributed by atoms with Gasteiger partial charge in [0, 0.05) is 0 Å². The van der Waals surface area contributed by atoms with Crippen LogP contribution in [0, 0.1) is 5.92 Å². The molecule has 1 aliphatic carbocycles. The van der Waals surface area contributed by atoms with Crippen molar-refractivity contribution in [1.29, 1.82) is 0 Å². The zero-order valence-corrected chi connectivity index (χ0v) is 13.7. The summed E-state index contributed by atoms with van der Waals surface area (Å²) in [6.07, 6.45) is -0.222. The van der Waals surface area contributed by atoms with Crippen LogP contribution in [0.1, 0.15) is 54.4 Å². The molecular weight excluding hydrogens is 277 g/mol. The Morgan fingerprint density at radius 2 is 1.57 bits per heavy atom. The van der Waals surface area contributed by atoms with E-state index in [0.717, 1.165) is 0 Å². The third kappa shape index (κ3) is 5.17. The predicted molar refractivity (Wildman–Crippen MR) is 76.6 cm³/mol. The summed E-state index contributed by atoms with van der Waals surface area (Å²) in [4.78, 5) is 24.2. The Kier molecular flexibility index (Phi) is 4.90. The molecule has 6 heteroatoms. The van der Waals surface area contributed by atoms with E-state index in [2.05, 4.69) is 5.32 Å². The van der Waals surface area contributed by atoms with Gasteiger partial charge in [-0.1, -0.05) is 0 Å². The maximum absolute atomic E-state index is 12.7. The molecule has 1 N–H and O–H groups in total. The van der Waals surface area contributed by atoms with Gasteiger partial charge in [0.2, 0.25) is 0 Å². The highest BCUT2D eigenvalue weighted by Gasteiger charge is 2.53. The van der Waals surface area contributed by atoms with Crippen LogP contribution in [-0.4, -0.2) is 35.5 Å². The van der Waals surface area contributed by atoms with Crippen molar-refractivity contribution >= 4 is 12.1 Å². The molecule has 122 valence electrons. The summed E-state index contributed by atoms with van der Waals surface area (Å²) in [5, 5.41) is 2.57. The number of carbonyl (C=O) groups is 2. The van der Waals surface area contributed by atoms with Crippen molar-refractivity contribution in [3.8, 4) is 0 Å². The first-order valence-corrected chi connectivity index (χ1v) is 7.17. The number of esters is 1. The largest absolute Gasteiger partial charge is 0.458 e. The van der Waals surface area contributed by atoms with Gasteiger partial charge in [0.25, 0.3) is 0 Å². The van der Waals surface area contributed by atoms with Crippen LogP contribution in [0.3, 0.4) is 0 Å². The number of alkyl halides is 1. The first kappa shape index (κ1) is 17.7. The SMILES string of the molecule is CC(C)(C)OC(=O)NC1(C(=O)OC(C)(C)C)CC(CF)C1. The number of hydrogen-bond donors (Lipinski definition) is 1. The van der Waals surface area contributed by atoms with E-state index in [1.807, 2.05) is 0 Å². The van der Waals surface area contributed by atoms with Gasteiger partial charge in [0.05, 0.1) is 6.67 Å². The van der Waals surface area contributed by atoms with E-state index < -0.39 is 35.5 Å². The van der Waals surface area contributed by atoms with Crippen molar-refractivity contribution in [2.45, 2.75) is 71.1 Å². The Balaban J connectivity index is 2.77. The number of halogens is 1. The quantitative estimate of drug-likeness (QED) is 0.814. The van der Waals surface area contributed by atoms with Gasteiger partial charge in [-0.15, -0.1) is 0 Å². The van der Waals surface area contributed by atoms with Crippen LogP contribution in [-0.2, 0) is 14.3 Å². The van der Waals surface area contributed by atoms with E-state index in [0.29, 0.717) is 0 Å². The lowest BCUT2D eigenvalue weighted by atomic mass is 9.68. The highest BCUT2D eigenvalue weighted by molar-refractivity contribution is 5.87. The van der Waals surface area contributed by atoms with Crippen molar-refractivity contribution in [2.75, 3.05) is 6.67 Å². The highest BCUT2D eigenvalue weighted by Crippen LogP contribution is 2.40. The Morgan fingerprint density at radius 3 is 1.95 bits per heavy atom. The van der Waals surface area contributed by atoms with Gasteiger partial charge in [0.1, 0.15) is 16.7 Å². The molecule has 0 aromatic carbocycles. The first-order valence-electron chi connectivity index (χ1n) is 7.17. The summed E-state index contributed by atoms with van der Waals surface area (Å²) in [6.45, 7) is 9.93. The summed E-state index contributed by atoms with van der Waals surface area (Å²) < 4.78 is 23.2.